The Hall–Kier alpha value is -1.10. The molecule has 0 saturated carbocycles. The van der Waals surface area contributed by atoms with Crippen molar-refractivity contribution >= 4 is 11.8 Å². The Kier molecular flexibility index (Phi) is 7.08. The van der Waals surface area contributed by atoms with Crippen molar-refractivity contribution in [3.8, 4) is 0 Å². The minimum Gasteiger partial charge on any atom is -0.343 e. The zero-order chi connectivity index (χ0) is 17.7. The number of carbonyl (C=O) groups is 2. The maximum absolute atomic E-state index is 12.6. The number of nitrogens with zero attached hydrogens (tertiary/aromatic N) is 2. The van der Waals surface area contributed by atoms with Gasteiger partial charge in [0.1, 0.15) is 0 Å². The molecule has 138 valence electrons. The molecule has 5 nitrogen and oxygen atoms in total. The number of nitrogens with one attached hydrogen (secondary N) is 1. The monoisotopic (exact) mass is 337 g/mol. The van der Waals surface area contributed by atoms with E-state index in [9.17, 15) is 9.59 Å². The normalized spacial score (nSPS) is 21.8. The van der Waals surface area contributed by atoms with E-state index in [1.165, 1.54) is 12.8 Å². The molecule has 5 heteroatoms. The van der Waals surface area contributed by atoms with Gasteiger partial charge in [0.15, 0.2) is 0 Å². The smallest absolute Gasteiger partial charge is 0.225 e. The highest BCUT2D eigenvalue weighted by Gasteiger charge is 2.31. The fourth-order valence-electron chi connectivity index (χ4n) is 3.90. The first kappa shape index (κ1) is 19.2. The summed E-state index contributed by atoms with van der Waals surface area (Å²) in [6.45, 7) is 9.94. The Labute approximate surface area is 147 Å². The van der Waals surface area contributed by atoms with Crippen LogP contribution in [0.2, 0.25) is 0 Å². The fraction of sp³-hybridized carbons (Fsp3) is 0.895. The largest absolute Gasteiger partial charge is 0.343 e. The van der Waals surface area contributed by atoms with E-state index in [0.717, 1.165) is 39.0 Å². The van der Waals surface area contributed by atoms with Crippen LogP contribution in [0.1, 0.15) is 52.9 Å². The topological polar surface area (TPSA) is 52.7 Å². The average Bonchev–Trinajstić information content (AvgIpc) is 2.61. The fourth-order valence-corrected chi connectivity index (χ4v) is 3.90. The molecule has 0 aromatic rings. The molecule has 0 spiro atoms. The van der Waals surface area contributed by atoms with Crippen LogP contribution in [-0.4, -0.2) is 60.9 Å². The third kappa shape index (κ3) is 4.95. The summed E-state index contributed by atoms with van der Waals surface area (Å²) in [5.41, 5.74) is 0. The summed E-state index contributed by atoms with van der Waals surface area (Å²) in [5, 5.41) is 3.39. The highest BCUT2D eigenvalue weighted by Crippen LogP contribution is 2.26. The molecule has 2 heterocycles. The Balaban J connectivity index is 1.77. The van der Waals surface area contributed by atoms with Gasteiger partial charge in [-0.1, -0.05) is 6.92 Å². The molecular weight excluding hydrogens is 302 g/mol. The maximum Gasteiger partial charge on any atom is 0.225 e. The summed E-state index contributed by atoms with van der Waals surface area (Å²) in [6.07, 6.45) is 4.65. The van der Waals surface area contributed by atoms with E-state index >= 15 is 0 Å². The molecule has 1 N–H and O–H groups in total. The zero-order valence-corrected chi connectivity index (χ0v) is 15.9. The van der Waals surface area contributed by atoms with E-state index in [1.807, 2.05) is 30.7 Å². The van der Waals surface area contributed by atoms with Gasteiger partial charge in [-0.2, -0.15) is 0 Å². The first-order valence-electron chi connectivity index (χ1n) is 9.65. The summed E-state index contributed by atoms with van der Waals surface area (Å²) >= 11 is 0. The van der Waals surface area contributed by atoms with Crippen LogP contribution in [0.15, 0.2) is 0 Å². The van der Waals surface area contributed by atoms with E-state index in [-0.39, 0.29) is 23.8 Å². The zero-order valence-electron chi connectivity index (χ0n) is 15.9. The molecule has 24 heavy (non-hydrogen) atoms. The van der Waals surface area contributed by atoms with Crippen LogP contribution >= 0.6 is 0 Å². The van der Waals surface area contributed by atoms with Crippen LogP contribution in [-0.2, 0) is 9.59 Å². The van der Waals surface area contributed by atoms with Gasteiger partial charge in [0.25, 0.3) is 0 Å². The summed E-state index contributed by atoms with van der Waals surface area (Å²) in [6, 6.07) is 0.239. The Morgan fingerprint density at radius 3 is 2.21 bits per heavy atom. The molecule has 1 unspecified atom stereocenters. The van der Waals surface area contributed by atoms with Crippen molar-refractivity contribution in [3.63, 3.8) is 0 Å². The van der Waals surface area contributed by atoms with Gasteiger partial charge in [-0.05, 0) is 64.5 Å². The van der Waals surface area contributed by atoms with Crippen molar-refractivity contribution in [3.05, 3.63) is 0 Å². The number of likely N-dealkylation sites (tertiary alicyclic amines) is 1. The van der Waals surface area contributed by atoms with Crippen LogP contribution < -0.4 is 5.32 Å². The first-order valence-corrected chi connectivity index (χ1v) is 9.65. The second-order valence-corrected chi connectivity index (χ2v) is 7.97. The molecule has 2 saturated heterocycles. The van der Waals surface area contributed by atoms with E-state index in [0.29, 0.717) is 18.3 Å². The van der Waals surface area contributed by atoms with Crippen LogP contribution in [0.25, 0.3) is 0 Å². The van der Waals surface area contributed by atoms with Gasteiger partial charge in [-0.15, -0.1) is 0 Å². The molecule has 2 aliphatic rings. The van der Waals surface area contributed by atoms with E-state index in [1.54, 1.807) is 0 Å². The quantitative estimate of drug-likeness (QED) is 0.836. The van der Waals surface area contributed by atoms with Crippen LogP contribution in [0.5, 0.6) is 0 Å². The molecule has 0 aliphatic carbocycles. The van der Waals surface area contributed by atoms with Crippen molar-refractivity contribution in [1.29, 1.82) is 0 Å². The molecule has 0 aromatic heterocycles. The number of amides is 2. The summed E-state index contributed by atoms with van der Waals surface area (Å²) < 4.78 is 0. The highest BCUT2D eigenvalue weighted by atomic mass is 16.2. The SMILES string of the molecule is CC(CC(=O)N1CCC(C(=O)N(C)C(C)C)CC1)C1CCNCC1. The molecule has 0 bridgehead atoms. The lowest BCUT2D eigenvalue weighted by atomic mass is 9.83. The van der Waals surface area contributed by atoms with Gasteiger partial charge < -0.3 is 15.1 Å². The van der Waals surface area contributed by atoms with Gasteiger partial charge in [-0.25, -0.2) is 0 Å². The predicted molar refractivity (Wildman–Crippen MR) is 96.6 cm³/mol. The Bertz CT molecular complexity index is 424. The lowest BCUT2D eigenvalue weighted by Crippen LogP contribution is -2.45. The van der Waals surface area contributed by atoms with Gasteiger partial charge in [0, 0.05) is 38.5 Å². The average molecular weight is 338 g/mol. The molecule has 1 atom stereocenters. The maximum atomic E-state index is 12.6. The second-order valence-electron chi connectivity index (χ2n) is 7.97. The lowest BCUT2D eigenvalue weighted by molar-refractivity contribution is -0.141. The van der Waals surface area contributed by atoms with Gasteiger partial charge in [-0.3, -0.25) is 9.59 Å². The van der Waals surface area contributed by atoms with Crippen molar-refractivity contribution in [1.82, 2.24) is 15.1 Å². The lowest BCUT2D eigenvalue weighted by Gasteiger charge is -2.35. The van der Waals surface area contributed by atoms with Crippen molar-refractivity contribution in [2.45, 2.75) is 58.9 Å². The summed E-state index contributed by atoms with van der Waals surface area (Å²) in [7, 11) is 1.88. The number of carbonyl (C=O) groups excluding carboxylic acids is 2. The van der Waals surface area contributed by atoms with Gasteiger partial charge >= 0.3 is 0 Å². The first-order chi connectivity index (χ1) is 11.4. The standard InChI is InChI=1S/C19H35N3O2/c1-14(2)21(4)19(24)17-7-11-22(12-8-17)18(23)13-15(3)16-5-9-20-10-6-16/h14-17,20H,5-13H2,1-4H3. The van der Waals surface area contributed by atoms with Crippen LogP contribution in [0.3, 0.4) is 0 Å². The molecule has 2 aliphatic heterocycles. The van der Waals surface area contributed by atoms with Gasteiger partial charge in [0.05, 0.1) is 0 Å². The third-order valence-electron chi connectivity index (χ3n) is 6.00. The minimum absolute atomic E-state index is 0.0864. The summed E-state index contributed by atoms with van der Waals surface area (Å²) in [4.78, 5) is 28.8. The van der Waals surface area contributed by atoms with Crippen LogP contribution in [0.4, 0.5) is 0 Å². The molecule has 2 fully saturated rings. The van der Waals surface area contributed by atoms with Gasteiger partial charge in [0.2, 0.25) is 11.8 Å². The Morgan fingerprint density at radius 2 is 1.67 bits per heavy atom. The molecule has 2 rings (SSSR count). The Morgan fingerprint density at radius 1 is 1.08 bits per heavy atom. The second kappa shape index (κ2) is 8.84. The molecular formula is C19H35N3O2. The predicted octanol–water partition coefficient (Wildman–Crippen LogP) is 2.12. The van der Waals surface area contributed by atoms with Crippen molar-refractivity contribution < 1.29 is 9.59 Å². The molecule has 0 radical (unpaired) electrons. The minimum atomic E-state index is 0.0864. The van der Waals surface area contributed by atoms with Crippen molar-refractivity contribution in [2.24, 2.45) is 17.8 Å². The molecule has 2 amide bonds. The van der Waals surface area contributed by atoms with E-state index in [4.69, 9.17) is 0 Å². The highest BCUT2D eigenvalue weighted by molar-refractivity contribution is 5.80. The number of piperidine rings is 2. The summed E-state index contributed by atoms with van der Waals surface area (Å²) in [5.74, 6) is 1.74. The number of hydrogen-bond donors (Lipinski definition) is 1. The van der Waals surface area contributed by atoms with Crippen LogP contribution in [0, 0.1) is 17.8 Å². The van der Waals surface area contributed by atoms with E-state index in [2.05, 4.69) is 12.2 Å². The number of hydrogen-bond acceptors (Lipinski definition) is 3. The number of rotatable bonds is 5. The van der Waals surface area contributed by atoms with E-state index < -0.39 is 0 Å². The molecule has 0 aromatic carbocycles. The van der Waals surface area contributed by atoms with Crippen molar-refractivity contribution in [2.75, 3.05) is 33.2 Å². The third-order valence-corrected chi connectivity index (χ3v) is 6.00.